The van der Waals surface area contributed by atoms with Crippen molar-refractivity contribution in [3.8, 4) is 5.75 Å². The Hall–Kier alpha value is -2.75. The van der Waals surface area contributed by atoms with Crippen LogP contribution in [0.4, 0.5) is 26.3 Å². The second-order valence-corrected chi connectivity index (χ2v) is 10.2. The van der Waals surface area contributed by atoms with Crippen LogP contribution >= 0.6 is 0 Å². The summed E-state index contributed by atoms with van der Waals surface area (Å²) in [5.41, 5.74) is -1.20. The van der Waals surface area contributed by atoms with Crippen LogP contribution in [0.5, 0.6) is 5.75 Å². The molecule has 202 valence electrons. The van der Waals surface area contributed by atoms with Crippen molar-refractivity contribution in [2.75, 3.05) is 13.1 Å². The van der Waals surface area contributed by atoms with Crippen molar-refractivity contribution in [1.29, 1.82) is 0 Å². The first kappa shape index (κ1) is 27.3. The second kappa shape index (κ2) is 9.85. The minimum atomic E-state index is -4.88. The normalized spacial score (nSPS) is 19.7. The molecule has 4 rings (SSSR count). The molecule has 2 aromatic rings. The van der Waals surface area contributed by atoms with E-state index in [9.17, 15) is 36.2 Å². The van der Waals surface area contributed by atoms with Gasteiger partial charge in [0.1, 0.15) is 11.4 Å². The lowest BCUT2D eigenvalue weighted by molar-refractivity contribution is -0.143. The van der Waals surface area contributed by atoms with Crippen molar-refractivity contribution in [3.63, 3.8) is 0 Å². The molecule has 4 nitrogen and oxygen atoms in total. The predicted octanol–water partition coefficient (Wildman–Crippen LogP) is 6.91. The molecule has 1 N–H and O–H groups in total. The van der Waals surface area contributed by atoms with Crippen LogP contribution in [-0.2, 0) is 30.0 Å². The van der Waals surface area contributed by atoms with Gasteiger partial charge in [-0.05, 0) is 80.0 Å². The van der Waals surface area contributed by atoms with Gasteiger partial charge in [0.2, 0.25) is 0 Å². The highest BCUT2D eigenvalue weighted by Gasteiger charge is 2.42. The number of hydrogen-bond donors (Lipinski definition) is 1. The number of halogens is 6. The van der Waals surface area contributed by atoms with Gasteiger partial charge in [0, 0.05) is 19.1 Å². The summed E-state index contributed by atoms with van der Waals surface area (Å²) < 4.78 is 86.3. The van der Waals surface area contributed by atoms with Crippen molar-refractivity contribution < 1.29 is 41.0 Å². The first-order valence-corrected chi connectivity index (χ1v) is 12.2. The fourth-order valence-electron chi connectivity index (χ4n) is 5.22. The van der Waals surface area contributed by atoms with Gasteiger partial charge in [0.25, 0.3) is 0 Å². The van der Waals surface area contributed by atoms with Crippen LogP contribution in [0.15, 0.2) is 36.4 Å². The number of rotatable bonds is 5. The number of nitrogens with zero attached hydrogens (tertiary/aromatic N) is 1. The van der Waals surface area contributed by atoms with Crippen LogP contribution in [-0.4, -0.2) is 34.7 Å². The standard InChI is InChI=1S/C27H29F6NO3/c1-16(24(35)36)11-18-3-4-19-5-6-25(37-23(19)12-18)7-9-34(10-8-25)17(2)20-13-21(26(28,29)30)15-22(14-20)27(31,32)33/h3-4,12-17H,5-11H2,1-2H3,(H,35,36). The number of fused-ring (bicyclic) bond motifs is 1. The Balaban J connectivity index is 1.48. The highest BCUT2D eigenvalue weighted by atomic mass is 19.4. The Kier molecular flexibility index (Phi) is 7.27. The van der Waals surface area contributed by atoms with Crippen LogP contribution in [0.2, 0.25) is 0 Å². The zero-order valence-corrected chi connectivity index (χ0v) is 20.5. The molecule has 0 aromatic heterocycles. The Bertz CT molecular complexity index is 1120. The van der Waals surface area contributed by atoms with E-state index < -0.39 is 47.0 Å². The number of ether oxygens (including phenoxy) is 1. The van der Waals surface area contributed by atoms with E-state index in [2.05, 4.69) is 0 Å². The highest BCUT2D eigenvalue weighted by molar-refractivity contribution is 5.70. The van der Waals surface area contributed by atoms with Crippen molar-refractivity contribution in [2.45, 2.75) is 69.9 Å². The minimum absolute atomic E-state index is 0.0230. The molecule has 0 aliphatic carbocycles. The lowest BCUT2D eigenvalue weighted by atomic mass is 9.82. The fourth-order valence-corrected chi connectivity index (χ4v) is 5.22. The Morgan fingerprint density at radius 2 is 1.57 bits per heavy atom. The number of aryl methyl sites for hydroxylation is 1. The zero-order valence-electron chi connectivity index (χ0n) is 20.5. The smallest absolute Gasteiger partial charge is 0.416 e. The van der Waals surface area contributed by atoms with Crippen LogP contribution in [0.25, 0.3) is 0 Å². The van der Waals surface area contributed by atoms with Crippen LogP contribution in [0.3, 0.4) is 0 Å². The molecule has 0 saturated carbocycles. The molecular formula is C27H29F6NO3. The zero-order chi connectivity index (χ0) is 27.2. The van der Waals surface area contributed by atoms with Crippen LogP contribution in [0, 0.1) is 5.92 Å². The molecule has 2 aliphatic heterocycles. The largest absolute Gasteiger partial charge is 0.487 e. The number of piperidine rings is 1. The van der Waals surface area contributed by atoms with Gasteiger partial charge in [-0.15, -0.1) is 0 Å². The summed E-state index contributed by atoms with van der Waals surface area (Å²) in [6.45, 7) is 4.19. The molecule has 2 aromatic carbocycles. The first-order valence-electron chi connectivity index (χ1n) is 12.2. The van der Waals surface area contributed by atoms with Crippen molar-refractivity contribution >= 4 is 5.97 Å². The molecule has 0 amide bonds. The third-order valence-electron chi connectivity index (χ3n) is 7.62. The second-order valence-electron chi connectivity index (χ2n) is 10.2. The lowest BCUT2D eigenvalue weighted by Crippen LogP contribution is -2.50. The summed E-state index contributed by atoms with van der Waals surface area (Å²) in [6, 6.07) is 6.87. The van der Waals surface area contributed by atoms with E-state index in [-0.39, 0.29) is 11.6 Å². The number of benzene rings is 2. The van der Waals surface area contributed by atoms with E-state index in [1.807, 2.05) is 23.1 Å². The lowest BCUT2D eigenvalue weighted by Gasteiger charge is -2.46. The van der Waals surface area contributed by atoms with Gasteiger partial charge < -0.3 is 9.84 Å². The summed E-state index contributed by atoms with van der Waals surface area (Å²) in [7, 11) is 0. The number of alkyl halides is 6. The van der Waals surface area contributed by atoms with E-state index in [1.165, 1.54) is 0 Å². The first-order chi connectivity index (χ1) is 17.2. The van der Waals surface area contributed by atoms with Gasteiger partial charge in [-0.3, -0.25) is 9.69 Å². The Morgan fingerprint density at radius 3 is 2.11 bits per heavy atom. The molecule has 2 atom stereocenters. The van der Waals surface area contributed by atoms with E-state index >= 15 is 0 Å². The maximum absolute atomic E-state index is 13.3. The molecule has 0 radical (unpaired) electrons. The summed E-state index contributed by atoms with van der Waals surface area (Å²) in [6.07, 6.45) is -6.69. The maximum Gasteiger partial charge on any atom is 0.416 e. The summed E-state index contributed by atoms with van der Waals surface area (Å²) in [5, 5.41) is 9.19. The average Bonchev–Trinajstić information content (AvgIpc) is 2.82. The third-order valence-corrected chi connectivity index (χ3v) is 7.62. The van der Waals surface area contributed by atoms with Crippen molar-refractivity contribution in [1.82, 2.24) is 4.90 Å². The average molecular weight is 530 g/mol. The summed E-state index contributed by atoms with van der Waals surface area (Å²) in [5.74, 6) is -0.690. The topological polar surface area (TPSA) is 49.8 Å². The number of carboxylic acid groups (broad SMARTS) is 1. The van der Waals surface area contributed by atoms with E-state index in [0.29, 0.717) is 32.4 Å². The molecule has 2 unspecified atom stereocenters. The SMILES string of the molecule is CC(Cc1ccc2c(c1)OC1(CC2)CCN(C(C)c2cc(C(F)(F)F)cc(C(F)(F)F)c2)CC1)C(=O)O. The van der Waals surface area contributed by atoms with Crippen LogP contribution < -0.4 is 4.74 Å². The van der Waals surface area contributed by atoms with Gasteiger partial charge in [0.15, 0.2) is 0 Å². The van der Waals surface area contributed by atoms with Gasteiger partial charge in [-0.2, -0.15) is 26.3 Å². The molecule has 37 heavy (non-hydrogen) atoms. The van der Waals surface area contributed by atoms with Crippen LogP contribution in [0.1, 0.15) is 67.0 Å². The molecule has 1 saturated heterocycles. The maximum atomic E-state index is 13.3. The molecule has 1 spiro atoms. The van der Waals surface area contributed by atoms with E-state index in [4.69, 9.17) is 4.74 Å². The van der Waals surface area contributed by atoms with Gasteiger partial charge in [-0.25, -0.2) is 0 Å². The number of likely N-dealkylation sites (tertiary alicyclic amines) is 1. The third kappa shape index (κ3) is 6.05. The molecule has 2 heterocycles. The highest BCUT2D eigenvalue weighted by Crippen LogP contribution is 2.43. The van der Waals surface area contributed by atoms with E-state index in [1.54, 1.807) is 13.8 Å². The van der Waals surface area contributed by atoms with Gasteiger partial charge >= 0.3 is 18.3 Å². The van der Waals surface area contributed by atoms with Gasteiger partial charge in [0.05, 0.1) is 17.0 Å². The van der Waals surface area contributed by atoms with Gasteiger partial charge in [-0.1, -0.05) is 19.1 Å². The summed E-state index contributed by atoms with van der Waals surface area (Å²) in [4.78, 5) is 13.1. The number of carbonyl (C=O) groups is 1. The molecular weight excluding hydrogens is 500 g/mol. The molecule has 1 fully saturated rings. The monoisotopic (exact) mass is 529 g/mol. The van der Waals surface area contributed by atoms with Crippen molar-refractivity contribution in [2.24, 2.45) is 5.92 Å². The molecule has 0 bridgehead atoms. The number of hydrogen-bond acceptors (Lipinski definition) is 3. The quantitative estimate of drug-likeness (QED) is 0.428. The van der Waals surface area contributed by atoms with Crippen molar-refractivity contribution in [3.05, 3.63) is 64.2 Å². The minimum Gasteiger partial charge on any atom is -0.487 e. The Labute approximate surface area is 211 Å². The van der Waals surface area contributed by atoms with E-state index in [0.717, 1.165) is 41.9 Å². The fraction of sp³-hybridized carbons (Fsp3) is 0.519. The number of carboxylic acids is 1. The molecule has 10 heteroatoms. The summed E-state index contributed by atoms with van der Waals surface area (Å²) >= 11 is 0. The predicted molar refractivity (Wildman–Crippen MR) is 124 cm³/mol. The number of aliphatic carboxylic acids is 1. The molecule has 2 aliphatic rings. The Morgan fingerprint density at radius 1 is 0.973 bits per heavy atom.